The summed E-state index contributed by atoms with van der Waals surface area (Å²) in [7, 11) is 1.42. The fourth-order valence-corrected chi connectivity index (χ4v) is 3.12. The highest BCUT2D eigenvalue weighted by Gasteiger charge is 2.38. The minimum absolute atomic E-state index is 0.0413. The van der Waals surface area contributed by atoms with Crippen LogP contribution in [0.5, 0.6) is 5.75 Å². The number of nitrogens with two attached hydrogens (primary N) is 1. The van der Waals surface area contributed by atoms with Crippen LogP contribution in [0.3, 0.4) is 0 Å². The van der Waals surface area contributed by atoms with Gasteiger partial charge in [0, 0.05) is 36.0 Å². The minimum Gasteiger partial charge on any atom is -0.496 e. The number of ether oxygens (including phenoxy) is 1. The van der Waals surface area contributed by atoms with E-state index in [1.165, 1.54) is 25.6 Å². The van der Waals surface area contributed by atoms with E-state index >= 15 is 0 Å². The second-order valence-electron chi connectivity index (χ2n) is 7.28. The summed E-state index contributed by atoms with van der Waals surface area (Å²) < 4.78 is 44.1. The van der Waals surface area contributed by atoms with E-state index in [9.17, 15) is 13.2 Å². The average Bonchev–Trinajstić information content (AvgIpc) is 2.76. The molecule has 0 aliphatic carbocycles. The van der Waals surface area contributed by atoms with Crippen molar-refractivity contribution < 1.29 is 17.9 Å². The molecule has 0 saturated carbocycles. The number of alkyl halides is 3. The van der Waals surface area contributed by atoms with Crippen molar-refractivity contribution in [3.05, 3.63) is 65.7 Å². The van der Waals surface area contributed by atoms with Crippen molar-refractivity contribution in [3.63, 3.8) is 0 Å². The molecule has 2 heterocycles. The van der Waals surface area contributed by atoms with E-state index in [0.29, 0.717) is 18.1 Å². The van der Waals surface area contributed by atoms with Gasteiger partial charge in [0.25, 0.3) is 0 Å². The van der Waals surface area contributed by atoms with E-state index in [1.54, 1.807) is 12.3 Å². The van der Waals surface area contributed by atoms with Crippen LogP contribution in [-0.2, 0) is 0 Å². The maximum Gasteiger partial charge on any atom is 0.407 e. The zero-order valence-electron chi connectivity index (χ0n) is 17.4. The number of halogens is 3. The van der Waals surface area contributed by atoms with Crippen LogP contribution in [0.2, 0.25) is 0 Å². The maximum absolute atomic E-state index is 12.9. The van der Waals surface area contributed by atoms with Crippen LogP contribution >= 0.6 is 0 Å². The van der Waals surface area contributed by atoms with E-state index in [4.69, 9.17) is 10.5 Å². The first-order valence-corrected chi connectivity index (χ1v) is 9.68. The average molecular weight is 431 g/mol. The molecule has 9 heteroatoms. The molecule has 0 radical (unpaired) electrons. The fraction of sp³-hybridized carbons (Fsp3) is 0.318. The van der Waals surface area contributed by atoms with Crippen molar-refractivity contribution in [3.8, 4) is 17.0 Å². The van der Waals surface area contributed by atoms with Crippen LogP contribution in [0.25, 0.3) is 11.3 Å². The molecular weight excluding hydrogens is 407 g/mol. The number of rotatable bonds is 7. The van der Waals surface area contributed by atoms with Gasteiger partial charge in [-0.1, -0.05) is 19.1 Å². The van der Waals surface area contributed by atoms with Crippen molar-refractivity contribution in [2.75, 3.05) is 19.0 Å². The number of aromatic nitrogens is 3. The molecule has 0 aliphatic rings. The molecule has 0 fully saturated rings. The Kier molecular flexibility index (Phi) is 6.74. The standard InChI is InChI=1S/C22H24F3N5O/c1-13(17-7-6-15(8-19(17)31-3)21(26)22(23,24)25)10-28-20-9-18(29-12-30-20)16-5-4-14(2)27-11-16/h4-9,11-13,21H,10,26H2,1-3H3,(H,28,29,30)/t13?,21-/m0/s1. The molecule has 3 N–H and O–H groups in total. The van der Waals surface area contributed by atoms with Gasteiger partial charge in [0.1, 0.15) is 23.9 Å². The summed E-state index contributed by atoms with van der Waals surface area (Å²) in [6.45, 7) is 4.35. The van der Waals surface area contributed by atoms with Gasteiger partial charge >= 0.3 is 6.18 Å². The van der Waals surface area contributed by atoms with Gasteiger partial charge in [-0.3, -0.25) is 4.98 Å². The lowest BCUT2D eigenvalue weighted by atomic mass is 9.96. The number of aryl methyl sites for hydroxylation is 1. The second-order valence-corrected chi connectivity index (χ2v) is 7.28. The Bertz CT molecular complexity index is 1020. The van der Waals surface area contributed by atoms with Gasteiger partial charge in [-0.05, 0) is 36.2 Å². The van der Waals surface area contributed by atoms with Gasteiger partial charge in [0.2, 0.25) is 0 Å². The number of nitrogens with one attached hydrogen (secondary N) is 1. The van der Waals surface area contributed by atoms with Crippen LogP contribution in [0, 0.1) is 6.92 Å². The highest BCUT2D eigenvalue weighted by Crippen LogP contribution is 2.35. The quantitative estimate of drug-likeness (QED) is 0.567. The first-order valence-electron chi connectivity index (χ1n) is 9.68. The molecule has 2 aromatic heterocycles. The van der Waals surface area contributed by atoms with E-state index in [0.717, 1.165) is 22.5 Å². The maximum atomic E-state index is 12.9. The summed E-state index contributed by atoms with van der Waals surface area (Å²) in [6.07, 6.45) is -1.30. The van der Waals surface area contributed by atoms with Crippen LogP contribution in [0.4, 0.5) is 19.0 Å². The van der Waals surface area contributed by atoms with Crippen LogP contribution in [0.1, 0.15) is 35.7 Å². The molecule has 0 aliphatic heterocycles. The van der Waals surface area contributed by atoms with Gasteiger partial charge in [-0.15, -0.1) is 0 Å². The molecule has 31 heavy (non-hydrogen) atoms. The van der Waals surface area contributed by atoms with Crippen molar-refractivity contribution in [2.45, 2.75) is 32.0 Å². The Morgan fingerprint density at radius 3 is 2.52 bits per heavy atom. The normalized spacial score (nSPS) is 13.5. The third-order valence-electron chi connectivity index (χ3n) is 4.96. The van der Waals surface area contributed by atoms with Crippen LogP contribution < -0.4 is 15.8 Å². The van der Waals surface area contributed by atoms with Crippen molar-refractivity contribution in [2.24, 2.45) is 5.73 Å². The number of benzene rings is 1. The topological polar surface area (TPSA) is 86.0 Å². The minimum atomic E-state index is -4.52. The van der Waals surface area contributed by atoms with Crippen LogP contribution in [-0.4, -0.2) is 34.8 Å². The molecule has 164 valence electrons. The molecule has 3 rings (SSSR count). The summed E-state index contributed by atoms with van der Waals surface area (Å²) in [5.41, 5.74) is 8.57. The summed E-state index contributed by atoms with van der Waals surface area (Å²) >= 11 is 0. The first kappa shape index (κ1) is 22.5. The molecular formula is C22H24F3N5O. The molecule has 3 aromatic rings. The van der Waals surface area contributed by atoms with Gasteiger partial charge in [-0.25, -0.2) is 9.97 Å². The van der Waals surface area contributed by atoms with E-state index in [2.05, 4.69) is 20.3 Å². The second kappa shape index (κ2) is 9.30. The highest BCUT2D eigenvalue weighted by molar-refractivity contribution is 5.61. The molecule has 1 aromatic carbocycles. The first-order chi connectivity index (χ1) is 14.7. The number of pyridine rings is 1. The molecule has 0 saturated heterocycles. The summed E-state index contributed by atoms with van der Waals surface area (Å²) in [5, 5.41) is 3.25. The molecule has 6 nitrogen and oxygen atoms in total. The van der Waals surface area contributed by atoms with Crippen molar-refractivity contribution >= 4 is 5.82 Å². The number of hydrogen-bond acceptors (Lipinski definition) is 6. The number of hydrogen-bond donors (Lipinski definition) is 2. The molecule has 1 unspecified atom stereocenters. The predicted molar refractivity (Wildman–Crippen MR) is 113 cm³/mol. The largest absolute Gasteiger partial charge is 0.496 e. The molecule has 0 bridgehead atoms. The van der Waals surface area contributed by atoms with E-state index in [1.807, 2.05) is 32.0 Å². The third kappa shape index (κ3) is 5.49. The summed E-state index contributed by atoms with van der Waals surface area (Å²) in [6, 6.07) is 7.97. The monoisotopic (exact) mass is 431 g/mol. The van der Waals surface area contributed by atoms with Gasteiger partial charge in [0.15, 0.2) is 0 Å². The zero-order chi connectivity index (χ0) is 22.6. The Labute approximate surface area is 178 Å². The lowest BCUT2D eigenvalue weighted by Gasteiger charge is -2.20. The summed E-state index contributed by atoms with van der Waals surface area (Å²) in [5.74, 6) is 0.929. The molecule has 0 spiro atoms. The smallest absolute Gasteiger partial charge is 0.407 e. The fourth-order valence-electron chi connectivity index (χ4n) is 3.12. The third-order valence-corrected chi connectivity index (χ3v) is 4.96. The van der Waals surface area contributed by atoms with Crippen molar-refractivity contribution in [1.29, 1.82) is 0 Å². The molecule has 0 amide bonds. The predicted octanol–water partition coefficient (Wildman–Crippen LogP) is 4.63. The number of methoxy groups -OCH3 is 1. The Morgan fingerprint density at radius 1 is 1.10 bits per heavy atom. The van der Waals surface area contributed by atoms with Crippen molar-refractivity contribution in [1.82, 2.24) is 15.0 Å². The summed E-state index contributed by atoms with van der Waals surface area (Å²) in [4.78, 5) is 12.8. The Morgan fingerprint density at radius 2 is 1.87 bits per heavy atom. The van der Waals surface area contributed by atoms with Crippen LogP contribution in [0.15, 0.2) is 48.9 Å². The lowest BCUT2D eigenvalue weighted by Crippen LogP contribution is -2.28. The SMILES string of the molecule is COc1cc([C@H](N)C(F)(F)F)ccc1C(C)CNc1cc(-c2ccc(C)nc2)ncn1. The molecule has 2 atom stereocenters. The Hall–Kier alpha value is -3.20. The van der Waals surface area contributed by atoms with Gasteiger partial charge in [-0.2, -0.15) is 13.2 Å². The van der Waals surface area contributed by atoms with E-state index < -0.39 is 12.2 Å². The van der Waals surface area contributed by atoms with Gasteiger partial charge < -0.3 is 15.8 Å². The zero-order valence-corrected chi connectivity index (χ0v) is 17.4. The lowest BCUT2D eigenvalue weighted by molar-refractivity contribution is -0.149. The number of nitrogens with zero attached hydrogens (tertiary/aromatic N) is 3. The Balaban J connectivity index is 1.73. The number of anilines is 1. The highest BCUT2D eigenvalue weighted by atomic mass is 19.4. The van der Waals surface area contributed by atoms with Gasteiger partial charge in [0.05, 0.1) is 12.8 Å². The van der Waals surface area contributed by atoms with E-state index in [-0.39, 0.29) is 11.5 Å².